The second-order valence-electron chi connectivity index (χ2n) is 5.20. The summed E-state index contributed by atoms with van der Waals surface area (Å²) in [5.41, 5.74) is 5.38. The summed E-state index contributed by atoms with van der Waals surface area (Å²) in [6.07, 6.45) is 2.51. The van der Waals surface area contributed by atoms with Gasteiger partial charge in [0.1, 0.15) is 0 Å². The smallest absolute Gasteiger partial charge is 0.240 e. The molecule has 1 atom stereocenters. The first-order valence-electron chi connectivity index (χ1n) is 5.83. The maximum atomic E-state index is 5.91. The molecule has 2 N–H and O–H groups in total. The van der Waals surface area contributed by atoms with E-state index in [2.05, 4.69) is 22.0 Å². The molecular weight excluding hydrogens is 204 g/mol. The molecule has 0 amide bonds. The van der Waals surface area contributed by atoms with Crippen molar-refractivity contribution in [3.05, 3.63) is 11.7 Å². The minimum absolute atomic E-state index is 0.529. The van der Waals surface area contributed by atoms with Crippen molar-refractivity contribution in [3.63, 3.8) is 0 Å². The number of hydrogen-bond acceptors (Lipinski definition) is 5. The van der Waals surface area contributed by atoms with Gasteiger partial charge >= 0.3 is 0 Å². The van der Waals surface area contributed by atoms with Gasteiger partial charge in [0.05, 0.1) is 12.1 Å². The van der Waals surface area contributed by atoms with Gasteiger partial charge in [0.2, 0.25) is 5.89 Å². The highest BCUT2D eigenvalue weighted by atomic mass is 16.5. The third kappa shape index (κ3) is 2.41. The zero-order chi connectivity index (χ0) is 11.8. The molecule has 0 radical (unpaired) electrons. The SMILES string of the molecule is CC1CCCN1Cc1nc(C(C)(C)N)no1. The zero-order valence-corrected chi connectivity index (χ0v) is 10.2. The van der Waals surface area contributed by atoms with E-state index in [-0.39, 0.29) is 0 Å². The lowest BCUT2D eigenvalue weighted by molar-refractivity contribution is 0.221. The van der Waals surface area contributed by atoms with Crippen LogP contribution in [0.5, 0.6) is 0 Å². The lowest BCUT2D eigenvalue weighted by Crippen LogP contribution is -2.30. The van der Waals surface area contributed by atoms with Crippen LogP contribution in [0, 0.1) is 0 Å². The molecule has 0 aromatic carbocycles. The van der Waals surface area contributed by atoms with Crippen molar-refractivity contribution in [2.45, 2.75) is 51.7 Å². The Bertz CT molecular complexity index is 355. The average molecular weight is 224 g/mol. The van der Waals surface area contributed by atoms with Crippen LogP contribution in [0.3, 0.4) is 0 Å². The lowest BCUT2D eigenvalue weighted by atomic mass is 10.1. The van der Waals surface area contributed by atoms with Crippen molar-refractivity contribution in [2.75, 3.05) is 6.54 Å². The highest BCUT2D eigenvalue weighted by Gasteiger charge is 2.25. The van der Waals surface area contributed by atoms with E-state index in [1.54, 1.807) is 0 Å². The predicted octanol–water partition coefficient (Wildman–Crippen LogP) is 1.25. The minimum atomic E-state index is -0.529. The molecule has 1 aromatic rings. The van der Waals surface area contributed by atoms with E-state index in [9.17, 15) is 0 Å². The van der Waals surface area contributed by atoms with Crippen LogP contribution in [-0.4, -0.2) is 27.6 Å². The van der Waals surface area contributed by atoms with E-state index in [1.807, 2.05) is 13.8 Å². The van der Waals surface area contributed by atoms with Crippen molar-refractivity contribution in [1.82, 2.24) is 15.0 Å². The van der Waals surface area contributed by atoms with Crippen LogP contribution in [-0.2, 0) is 12.1 Å². The number of aromatic nitrogens is 2. The zero-order valence-electron chi connectivity index (χ0n) is 10.2. The molecule has 0 aliphatic carbocycles. The van der Waals surface area contributed by atoms with E-state index in [4.69, 9.17) is 10.3 Å². The summed E-state index contributed by atoms with van der Waals surface area (Å²) in [6.45, 7) is 7.84. The van der Waals surface area contributed by atoms with Crippen LogP contribution in [0.4, 0.5) is 0 Å². The molecule has 2 rings (SSSR count). The molecule has 1 saturated heterocycles. The molecule has 1 aliphatic heterocycles. The predicted molar refractivity (Wildman–Crippen MR) is 60.6 cm³/mol. The van der Waals surface area contributed by atoms with Gasteiger partial charge in [-0.2, -0.15) is 4.98 Å². The summed E-state index contributed by atoms with van der Waals surface area (Å²) in [5.74, 6) is 1.25. The Morgan fingerprint density at radius 3 is 2.81 bits per heavy atom. The van der Waals surface area contributed by atoms with Crippen molar-refractivity contribution in [2.24, 2.45) is 5.73 Å². The Morgan fingerprint density at radius 1 is 1.56 bits per heavy atom. The fourth-order valence-corrected chi connectivity index (χ4v) is 1.98. The van der Waals surface area contributed by atoms with Gasteiger partial charge in [-0.05, 0) is 40.2 Å². The maximum Gasteiger partial charge on any atom is 0.240 e. The van der Waals surface area contributed by atoms with Gasteiger partial charge in [-0.1, -0.05) is 5.16 Å². The molecule has 16 heavy (non-hydrogen) atoms. The molecule has 1 aliphatic rings. The topological polar surface area (TPSA) is 68.2 Å². The molecule has 0 spiro atoms. The first-order chi connectivity index (χ1) is 7.47. The largest absolute Gasteiger partial charge is 0.338 e. The Labute approximate surface area is 96.0 Å². The summed E-state index contributed by atoms with van der Waals surface area (Å²) in [5, 5.41) is 3.92. The first kappa shape index (κ1) is 11.5. The molecule has 90 valence electrons. The van der Waals surface area contributed by atoms with Crippen LogP contribution in [0.15, 0.2) is 4.52 Å². The lowest BCUT2D eigenvalue weighted by Gasteiger charge is -2.18. The molecule has 1 fully saturated rings. The van der Waals surface area contributed by atoms with Gasteiger partial charge in [-0.3, -0.25) is 4.90 Å². The average Bonchev–Trinajstić information content (AvgIpc) is 2.76. The highest BCUT2D eigenvalue weighted by Crippen LogP contribution is 2.19. The van der Waals surface area contributed by atoms with Gasteiger partial charge in [0.15, 0.2) is 5.82 Å². The Morgan fingerprint density at radius 2 is 2.31 bits per heavy atom. The van der Waals surface area contributed by atoms with E-state index >= 15 is 0 Å². The van der Waals surface area contributed by atoms with E-state index in [0.29, 0.717) is 17.8 Å². The maximum absolute atomic E-state index is 5.91. The van der Waals surface area contributed by atoms with Gasteiger partial charge in [0.25, 0.3) is 0 Å². The Hall–Kier alpha value is -0.940. The fraction of sp³-hybridized carbons (Fsp3) is 0.818. The molecule has 1 unspecified atom stereocenters. The van der Waals surface area contributed by atoms with Crippen molar-refractivity contribution < 1.29 is 4.52 Å². The van der Waals surface area contributed by atoms with Gasteiger partial charge < -0.3 is 10.3 Å². The highest BCUT2D eigenvalue weighted by molar-refractivity contribution is 4.99. The van der Waals surface area contributed by atoms with Crippen LogP contribution in [0.25, 0.3) is 0 Å². The standard InChI is InChI=1S/C11H20N4O/c1-8-5-4-6-15(8)7-9-13-10(14-16-9)11(2,3)12/h8H,4-7,12H2,1-3H3. The molecular formula is C11H20N4O. The molecule has 1 aromatic heterocycles. The normalized spacial score (nSPS) is 22.9. The number of nitrogens with two attached hydrogens (primary N) is 1. The molecule has 5 heteroatoms. The number of rotatable bonds is 3. The number of nitrogens with zero attached hydrogens (tertiary/aromatic N) is 3. The van der Waals surface area contributed by atoms with Crippen LogP contribution < -0.4 is 5.73 Å². The fourth-order valence-electron chi connectivity index (χ4n) is 1.98. The summed E-state index contributed by atoms with van der Waals surface area (Å²) in [7, 11) is 0. The van der Waals surface area contributed by atoms with Crippen molar-refractivity contribution >= 4 is 0 Å². The molecule has 2 heterocycles. The minimum Gasteiger partial charge on any atom is -0.338 e. The second kappa shape index (κ2) is 4.14. The quantitative estimate of drug-likeness (QED) is 0.836. The van der Waals surface area contributed by atoms with Gasteiger partial charge in [0, 0.05) is 6.04 Å². The van der Waals surface area contributed by atoms with Gasteiger partial charge in [-0.15, -0.1) is 0 Å². The third-order valence-corrected chi connectivity index (χ3v) is 3.07. The monoisotopic (exact) mass is 224 g/mol. The van der Waals surface area contributed by atoms with Crippen LogP contribution in [0.1, 0.15) is 45.3 Å². The number of likely N-dealkylation sites (tertiary alicyclic amines) is 1. The van der Waals surface area contributed by atoms with E-state index in [0.717, 1.165) is 13.1 Å². The first-order valence-corrected chi connectivity index (χ1v) is 5.83. The summed E-state index contributed by atoms with van der Waals surface area (Å²) in [4.78, 5) is 6.70. The Kier molecular flexibility index (Phi) is 2.99. The Balaban J connectivity index is 2.03. The van der Waals surface area contributed by atoms with E-state index in [1.165, 1.54) is 12.8 Å². The summed E-state index contributed by atoms with van der Waals surface area (Å²) >= 11 is 0. The van der Waals surface area contributed by atoms with Gasteiger partial charge in [-0.25, -0.2) is 0 Å². The van der Waals surface area contributed by atoms with Crippen molar-refractivity contribution in [1.29, 1.82) is 0 Å². The third-order valence-electron chi connectivity index (χ3n) is 3.07. The molecule has 5 nitrogen and oxygen atoms in total. The summed E-state index contributed by atoms with van der Waals surface area (Å²) in [6, 6.07) is 0.612. The van der Waals surface area contributed by atoms with Crippen LogP contribution >= 0.6 is 0 Å². The second-order valence-corrected chi connectivity index (χ2v) is 5.20. The number of hydrogen-bond donors (Lipinski definition) is 1. The summed E-state index contributed by atoms with van der Waals surface area (Å²) < 4.78 is 5.22. The molecule has 0 saturated carbocycles. The van der Waals surface area contributed by atoms with Crippen molar-refractivity contribution in [3.8, 4) is 0 Å². The van der Waals surface area contributed by atoms with E-state index < -0.39 is 5.54 Å². The molecule has 0 bridgehead atoms. The van der Waals surface area contributed by atoms with Crippen LogP contribution in [0.2, 0.25) is 0 Å².